The van der Waals surface area contributed by atoms with E-state index in [2.05, 4.69) is 5.32 Å². The first kappa shape index (κ1) is 21.8. The van der Waals surface area contributed by atoms with Crippen LogP contribution in [0, 0.1) is 5.92 Å². The number of carbonyl (C=O) groups excluding carboxylic acids is 3. The molecule has 0 aliphatic heterocycles. The SMILES string of the molecule is CC[C@@H](C)[C@@H](NC(=O)COC(=O)/C=C/c1ccc(SC)cc1)C(=O)OC. The summed E-state index contributed by atoms with van der Waals surface area (Å²) in [6.45, 7) is 3.28. The van der Waals surface area contributed by atoms with Crippen molar-refractivity contribution in [3.63, 3.8) is 0 Å². The molecule has 0 radical (unpaired) electrons. The number of rotatable bonds is 9. The van der Waals surface area contributed by atoms with Crippen LogP contribution in [0.15, 0.2) is 35.2 Å². The molecular formula is C19H25NO5S. The normalized spacial score (nSPS) is 13.1. The number of thioether (sulfide) groups is 1. The van der Waals surface area contributed by atoms with Crippen LogP contribution in [-0.4, -0.2) is 43.9 Å². The summed E-state index contributed by atoms with van der Waals surface area (Å²) >= 11 is 1.63. The molecule has 0 saturated heterocycles. The standard InChI is InChI=1S/C19H25NO5S/c1-5-13(2)18(19(23)24-3)20-16(21)12-25-17(22)11-8-14-6-9-15(26-4)10-7-14/h6-11,13,18H,5,12H2,1-4H3,(H,20,21)/b11-8+/t13-,18-/m1/s1. The number of hydrogen-bond acceptors (Lipinski definition) is 6. The average molecular weight is 379 g/mol. The molecule has 7 heteroatoms. The van der Waals surface area contributed by atoms with Gasteiger partial charge in [-0.25, -0.2) is 9.59 Å². The summed E-state index contributed by atoms with van der Waals surface area (Å²) < 4.78 is 9.60. The quantitative estimate of drug-likeness (QED) is 0.404. The molecule has 0 bridgehead atoms. The first-order valence-electron chi connectivity index (χ1n) is 8.27. The van der Waals surface area contributed by atoms with Gasteiger partial charge in [0, 0.05) is 11.0 Å². The van der Waals surface area contributed by atoms with Gasteiger partial charge in [0.2, 0.25) is 0 Å². The molecular weight excluding hydrogens is 354 g/mol. The topological polar surface area (TPSA) is 81.7 Å². The Morgan fingerprint density at radius 2 is 1.88 bits per heavy atom. The highest BCUT2D eigenvalue weighted by Crippen LogP contribution is 2.15. The van der Waals surface area contributed by atoms with Gasteiger partial charge in [0.1, 0.15) is 6.04 Å². The van der Waals surface area contributed by atoms with E-state index in [9.17, 15) is 14.4 Å². The Hall–Kier alpha value is -2.28. The number of hydrogen-bond donors (Lipinski definition) is 1. The van der Waals surface area contributed by atoms with Crippen molar-refractivity contribution in [2.45, 2.75) is 31.2 Å². The minimum Gasteiger partial charge on any atom is -0.467 e. The van der Waals surface area contributed by atoms with Crippen molar-refractivity contribution in [1.29, 1.82) is 0 Å². The molecule has 0 aliphatic carbocycles. The maximum atomic E-state index is 11.9. The third-order valence-corrected chi connectivity index (χ3v) is 4.60. The second-order valence-electron chi connectivity index (χ2n) is 5.67. The highest BCUT2D eigenvalue weighted by Gasteiger charge is 2.26. The number of carbonyl (C=O) groups is 3. The second kappa shape index (κ2) is 11.4. The largest absolute Gasteiger partial charge is 0.467 e. The second-order valence-corrected chi connectivity index (χ2v) is 6.55. The van der Waals surface area contributed by atoms with Crippen molar-refractivity contribution in [3.05, 3.63) is 35.9 Å². The fraction of sp³-hybridized carbons (Fsp3) is 0.421. The van der Waals surface area contributed by atoms with Crippen LogP contribution in [0.5, 0.6) is 0 Å². The summed E-state index contributed by atoms with van der Waals surface area (Å²) in [5.74, 6) is -1.79. The van der Waals surface area contributed by atoms with Crippen LogP contribution < -0.4 is 5.32 Å². The van der Waals surface area contributed by atoms with E-state index in [1.807, 2.05) is 44.4 Å². The lowest BCUT2D eigenvalue weighted by molar-refractivity contribution is -0.148. The number of benzene rings is 1. The van der Waals surface area contributed by atoms with E-state index >= 15 is 0 Å². The predicted molar refractivity (Wildman–Crippen MR) is 102 cm³/mol. The molecule has 2 atom stereocenters. The van der Waals surface area contributed by atoms with Crippen molar-refractivity contribution in [2.24, 2.45) is 5.92 Å². The van der Waals surface area contributed by atoms with E-state index < -0.39 is 30.5 Å². The van der Waals surface area contributed by atoms with Crippen molar-refractivity contribution in [1.82, 2.24) is 5.32 Å². The molecule has 6 nitrogen and oxygen atoms in total. The third kappa shape index (κ3) is 7.31. The van der Waals surface area contributed by atoms with Gasteiger partial charge in [-0.15, -0.1) is 11.8 Å². The Morgan fingerprint density at radius 3 is 2.42 bits per heavy atom. The number of esters is 2. The lowest BCUT2D eigenvalue weighted by Gasteiger charge is -2.21. The monoisotopic (exact) mass is 379 g/mol. The zero-order chi connectivity index (χ0) is 19.5. The summed E-state index contributed by atoms with van der Waals surface area (Å²) in [5.41, 5.74) is 0.853. The maximum absolute atomic E-state index is 11.9. The molecule has 1 aromatic rings. The van der Waals surface area contributed by atoms with Crippen LogP contribution in [0.3, 0.4) is 0 Å². The van der Waals surface area contributed by atoms with E-state index in [1.165, 1.54) is 13.2 Å². The lowest BCUT2D eigenvalue weighted by atomic mass is 9.99. The molecule has 0 aromatic heterocycles. The molecule has 1 rings (SSSR count). The number of ether oxygens (including phenoxy) is 2. The average Bonchev–Trinajstić information content (AvgIpc) is 2.67. The highest BCUT2D eigenvalue weighted by molar-refractivity contribution is 7.98. The number of amides is 1. The molecule has 0 aliphatic rings. The zero-order valence-corrected chi connectivity index (χ0v) is 16.3. The van der Waals surface area contributed by atoms with Crippen molar-refractivity contribution in [3.8, 4) is 0 Å². The van der Waals surface area contributed by atoms with E-state index in [0.29, 0.717) is 6.42 Å². The Labute approximate surface area is 158 Å². The number of nitrogens with one attached hydrogen (secondary N) is 1. The van der Waals surface area contributed by atoms with E-state index in [0.717, 1.165) is 10.5 Å². The van der Waals surface area contributed by atoms with Crippen LogP contribution in [0.25, 0.3) is 6.08 Å². The van der Waals surface area contributed by atoms with Crippen LogP contribution in [-0.2, 0) is 23.9 Å². The van der Waals surface area contributed by atoms with Gasteiger partial charge in [0.05, 0.1) is 7.11 Å². The van der Waals surface area contributed by atoms with Gasteiger partial charge in [-0.3, -0.25) is 4.79 Å². The van der Waals surface area contributed by atoms with Crippen LogP contribution in [0.1, 0.15) is 25.8 Å². The summed E-state index contributed by atoms with van der Waals surface area (Å²) in [5, 5.41) is 2.54. The summed E-state index contributed by atoms with van der Waals surface area (Å²) in [7, 11) is 1.26. The smallest absolute Gasteiger partial charge is 0.331 e. The molecule has 0 saturated carbocycles. The first-order valence-corrected chi connectivity index (χ1v) is 9.49. The summed E-state index contributed by atoms with van der Waals surface area (Å²) in [4.78, 5) is 36.5. The minimum atomic E-state index is -0.762. The first-order chi connectivity index (χ1) is 12.4. The minimum absolute atomic E-state index is 0.0914. The van der Waals surface area contributed by atoms with Crippen LogP contribution in [0.4, 0.5) is 0 Å². The van der Waals surface area contributed by atoms with Gasteiger partial charge < -0.3 is 14.8 Å². The van der Waals surface area contributed by atoms with Gasteiger partial charge in [-0.05, 0) is 35.9 Å². The highest BCUT2D eigenvalue weighted by atomic mass is 32.2. The Bertz CT molecular complexity index is 642. The molecule has 0 heterocycles. The van der Waals surface area contributed by atoms with E-state index in [1.54, 1.807) is 17.8 Å². The van der Waals surface area contributed by atoms with Gasteiger partial charge in [-0.2, -0.15) is 0 Å². The van der Waals surface area contributed by atoms with E-state index in [4.69, 9.17) is 9.47 Å². The fourth-order valence-electron chi connectivity index (χ4n) is 2.08. The summed E-state index contributed by atoms with van der Waals surface area (Å²) in [6.07, 6.45) is 5.55. The van der Waals surface area contributed by atoms with Crippen molar-refractivity contribution in [2.75, 3.05) is 20.0 Å². The molecule has 1 N–H and O–H groups in total. The Kier molecular flexibility index (Phi) is 9.51. The van der Waals surface area contributed by atoms with Crippen LogP contribution in [0.2, 0.25) is 0 Å². The molecule has 1 amide bonds. The fourth-order valence-corrected chi connectivity index (χ4v) is 2.48. The zero-order valence-electron chi connectivity index (χ0n) is 15.5. The van der Waals surface area contributed by atoms with Gasteiger partial charge in [0.15, 0.2) is 6.61 Å². The van der Waals surface area contributed by atoms with Gasteiger partial charge in [0.25, 0.3) is 5.91 Å². The Balaban J connectivity index is 2.50. The number of methoxy groups -OCH3 is 1. The van der Waals surface area contributed by atoms with Crippen molar-refractivity contribution < 1.29 is 23.9 Å². The molecule has 0 spiro atoms. The predicted octanol–water partition coefficient (Wildman–Crippen LogP) is 2.67. The van der Waals surface area contributed by atoms with Crippen LogP contribution >= 0.6 is 11.8 Å². The molecule has 26 heavy (non-hydrogen) atoms. The van der Waals surface area contributed by atoms with Gasteiger partial charge >= 0.3 is 11.9 Å². The Morgan fingerprint density at radius 1 is 1.23 bits per heavy atom. The molecule has 0 fully saturated rings. The molecule has 1 aromatic carbocycles. The lowest BCUT2D eigenvalue weighted by Crippen LogP contribution is -2.47. The summed E-state index contributed by atoms with van der Waals surface area (Å²) in [6, 6.07) is 6.91. The van der Waals surface area contributed by atoms with Gasteiger partial charge in [-0.1, -0.05) is 32.4 Å². The maximum Gasteiger partial charge on any atom is 0.331 e. The molecule has 0 unspecified atom stereocenters. The third-order valence-electron chi connectivity index (χ3n) is 3.86. The van der Waals surface area contributed by atoms with E-state index in [-0.39, 0.29) is 5.92 Å². The van der Waals surface area contributed by atoms with Crippen molar-refractivity contribution >= 4 is 35.7 Å². The molecule has 142 valence electrons.